The van der Waals surface area contributed by atoms with Gasteiger partial charge in [-0.05, 0) is 72.9 Å². The molecule has 1 aliphatic rings. The van der Waals surface area contributed by atoms with Crippen LogP contribution in [0, 0.1) is 0 Å². The van der Waals surface area contributed by atoms with Crippen LogP contribution in [0.25, 0.3) is 10.8 Å². The minimum absolute atomic E-state index is 0.0974. The molecule has 0 spiro atoms. The molecule has 1 N–H and O–H groups in total. The molecule has 1 saturated heterocycles. The number of hydrogen-bond acceptors (Lipinski definition) is 6. The summed E-state index contributed by atoms with van der Waals surface area (Å²) in [5, 5.41) is 12.7. The van der Waals surface area contributed by atoms with Gasteiger partial charge in [-0.3, -0.25) is 0 Å². The Morgan fingerprint density at radius 2 is 1.59 bits per heavy atom. The van der Waals surface area contributed by atoms with Gasteiger partial charge in [-0.1, -0.05) is 78.9 Å². The molecule has 232 valence electrons. The molecule has 3 unspecified atom stereocenters. The van der Waals surface area contributed by atoms with Gasteiger partial charge in [-0.25, -0.2) is 4.79 Å². The van der Waals surface area contributed by atoms with Crippen LogP contribution in [0.3, 0.4) is 0 Å². The summed E-state index contributed by atoms with van der Waals surface area (Å²) in [5.41, 5.74) is 2.71. The third kappa shape index (κ3) is 9.05. The number of carbonyl (C=O) groups excluding carboxylic acids is 1. The fraction of sp³-hybridized carbons (Fsp3) is 0.378. The second-order valence-electron chi connectivity index (χ2n) is 12.4. The fourth-order valence-corrected chi connectivity index (χ4v) is 5.43. The third-order valence-corrected chi connectivity index (χ3v) is 7.66. The van der Waals surface area contributed by atoms with Crippen LogP contribution in [0.4, 0.5) is 4.79 Å². The molecule has 4 aromatic carbocycles. The first-order valence-corrected chi connectivity index (χ1v) is 15.3. The van der Waals surface area contributed by atoms with E-state index in [-0.39, 0.29) is 31.3 Å². The van der Waals surface area contributed by atoms with Gasteiger partial charge in [0.15, 0.2) is 0 Å². The summed E-state index contributed by atoms with van der Waals surface area (Å²) < 4.78 is 23.7. The van der Waals surface area contributed by atoms with Gasteiger partial charge in [-0.2, -0.15) is 0 Å². The summed E-state index contributed by atoms with van der Waals surface area (Å²) in [7, 11) is 0. The molecular weight excluding hydrogens is 554 g/mol. The summed E-state index contributed by atoms with van der Waals surface area (Å²) in [4.78, 5) is 14.7. The first kappa shape index (κ1) is 31.5. The van der Waals surface area contributed by atoms with E-state index in [0.717, 1.165) is 23.1 Å². The highest BCUT2D eigenvalue weighted by atomic mass is 16.6. The topological polar surface area (TPSA) is 77.5 Å². The van der Waals surface area contributed by atoms with E-state index in [4.69, 9.17) is 18.9 Å². The zero-order valence-electron chi connectivity index (χ0n) is 25.9. The van der Waals surface area contributed by atoms with Gasteiger partial charge in [0, 0.05) is 12.5 Å². The standard InChI is InChI=1S/C37H43NO6/c1-37(2,3)44-36(40)38-20-19-34(35(22-38)43-24-28-13-14-29-11-7-8-12-31(29)21-28)30-15-17-33(18-16-30)42-26-32(39)25-41-23-27-9-5-4-6-10-27/h4-18,21,32,34-35,39H,19-20,22-26H2,1-3H3. The number of aliphatic hydroxyl groups excluding tert-OH is 1. The maximum atomic E-state index is 12.9. The number of rotatable bonds is 11. The van der Waals surface area contributed by atoms with Crippen molar-refractivity contribution in [3.05, 3.63) is 114 Å². The molecule has 3 atom stereocenters. The van der Waals surface area contributed by atoms with Crippen molar-refractivity contribution in [3.8, 4) is 5.75 Å². The predicted octanol–water partition coefficient (Wildman–Crippen LogP) is 7.11. The van der Waals surface area contributed by atoms with Crippen molar-refractivity contribution in [3.63, 3.8) is 0 Å². The van der Waals surface area contributed by atoms with E-state index in [1.165, 1.54) is 10.8 Å². The molecule has 0 bridgehead atoms. The fourth-order valence-electron chi connectivity index (χ4n) is 5.43. The van der Waals surface area contributed by atoms with Crippen molar-refractivity contribution in [2.24, 2.45) is 0 Å². The maximum Gasteiger partial charge on any atom is 0.410 e. The minimum atomic E-state index is -0.733. The predicted molar refractivity (Wildman–Crippen MR) is 172 cm³/mol. The average Bonchev–Trinajstić information content (AvgIpc) is 3.02. The molecule has 5 rings (SSSR count). The molecule has 1 amide bonds. The van der Waals surface area contributed by atoms with E-state index in [1.54, 1.807) is 4.90 Å². The van der Waals surface area contributed by atoms with Crippen LogP contribution >= 0.6 is 0 Å². The van der Waals surface area contributed by atoms with Crippen LogP contribution < -0.4 is 4.74 Å². The number of carbonyl (C=O) groups is 1. The summed E-state index contributed by atoms with van der Waals surface area (Å²) in [6, 6.07) is 32.5. The van der Waals surface area contributed by atoms with Crippen LogP contribution in [0.2, 0.25) is 0 Å². The zero-order chi connectivity index (χ0) is 30.9. The normalized spacial score (nSPS) is 17.8. The quantitative estimate of drug-likeness (QED) is 0.199. The monoisotopic (exact) mass is 597 g/mol. The molecular formula is C37H43NO6. The van der Waals surface area contributed by atoms with Crippen molar-refractivity contribution in [2.75, 3.05) is 26.3 Å². The number of benzene rings is 4. The second kappa shape index (κ2) is 14.7. The smallest absolute Gasteiger partial charge is 0.410 e. The lowest BCUT2D eigenvalue weighted by Gasteiger charge is -2.39. The number of amides is 1. The number of nitrogens with zero attached hydrogens (tertiary/aromatic N) is 1. The van der Waals surface area contributed by atoms with Crippen molar-refractivity contribution < 1.29 is 28.8 Å². The van der Waals surface area contributed by atoms with Crippen molar-refractivity contribution in [2.45, 2.75) is 64.1 Å². The Hall–Kier alpha value is -3.91. The Morgan fingerprint density at radius 1 is 0.864 bits per heavy atom. The molecule has 44 heavy (non-hydrogen) atoms. The Morgan fingerprint density at radius 3 is 2.34 bits per heavy atom. The van der Waals surface area contributed by atoms with Gasteiger partial charge in [0.25, 0.3) is 0 Å². The first-order chi connectivity index (χ1) is 21.2. The van der Waals surface area contributed by atoms with Crippen LogP contribution in [-0.4, -0.2) is 60.2 Å². The maximum absolute atomic E-state index is 12.9. The Bertz CT molecular complexity index is 1480. The van der Waals surface area contributed by atoms with Gasteiger partial charge in [0.05, 0.1) is 32.5 Å². The van der Waals surface area contributed by atoms with Gasteiger partial charge < -0.3 is 29.0 Å². The lowest BCUT2D eigenvalue weighted by Crippen LogP contribution is -2.48. The largest absolute Gasteiger partial charge is 0.491 e. The molecule has 7 heteroatoms. The van der Waals surface area contributed by atoms with E-state index < -0.39 is 11.7 Å². The van der Waals surface area contributed by atoms with Crippen molar-refractivity contribution in [1.29, 1.82) is 0 Å². The SMILES string of the molecule is CC(C)(C)OC(=O)N1CCC(c2ccc(OCC(O)COCc3ccccc3)cc2)C(OCc2ccc3ccccc3c2)C1. The highest BCUT2D eigenvalue weighted by molar-refractivity contribution is 5.82. The van der Waals surface area contributed by atoms with E-state index >= 15 is 0 Å². The zero-order valence-corrected chi connectivity index (χ0v) is 25.9. The van der Waals surface area contributed by atoms with Crippen molar-refractivity contribution >= 4 is 16.9 Å². The summed E-state index contributed by atoms with van der Waals surface area (Å²) in [6.07, 6.45) is -0.508. The lowest BCUT2D eigenvalue weighted by molar-refractivity contribution is -0.0359. The Labute approximate surface area is 260 Å². The second-order valence-corrected chi connectivity index (χ2v) is 12.4. The number of piperidine rings is 1. The Kier molecular flexibility index (Phi) is 10.5. The minimum Gasteiger partial charge on any atom is -0.491 e. The number of likely N-dealkylation sites (tertiary alicyclic amines) is 1. The molecule has 1 aliphatic heterocycles. The Balaban J connectivity index is 1.20. The number of aliphatic hydroxyl groups is 1. The molecule has 7 nitrogen and oxygen atoms in total. The van der Waals surface area contributed by atoms with Crippen molar-refractivity contribution in [1.82, 2.24) is 4.90 Å². The summed E-state index contributed by atoms with van der Waals surface area (Å²) in [6.45, 7) is 7.90. The van der Waals surface area contributed by atoms with Crippen LogP contribution in [0.15, 0.2) is 97.1 Å². The average molecular weight is 598 g/mol. The number of fused-ring (bicyclic) bond motifs is 1. The van der Waals surface area contributed by atoms with Gasteiger partial charge in [0.1, 0.15) is 24.1 Å². The van der Waals surface area contributed by atoms with E-state index in [2.05, 4.69) is 30.3 Å². The van der Waals surface area contributed by atoms with E-state index in [1.807, 2.05) is 87.5 Å². The first-order valence-electron chi connectivity index (χ1n) is 15.3. The molecule has 0 aliphatic carbocycles. The lowest BCUT2D eigenvalue weighted by atomic mass is 9.87. The van der Waals surface area contributed by atoms with E-state index in [0.29, 0.717) is 32.1 Å². The summed E-state index contributed by atoms with van der Waals surface area (Å²) in [5.74, 6) is 0.774. The van der Waals surface area contributed by atoms with Crippen LogP contribution in [0.5, 0.6) is 5.75 Å². The summed E-state index contributed by atoms with van der Waals surface area (Å²) >= 11 is 0. The van der Waals surface area contributed by atoms with E-state index in [9.17, 15) is 9.90 Å². The molecule has 1 heterocycles. The molecule has 0 radical (unpaired) electrons. The number of ether oxygens (including phenoxy) is 4. The van der Waals surface area contributed by atoms with Crippen LogP contribution in [-0.2, 0) is 27.4 Å². The highest BCUT2D eigenvalue weighted by Gasteiger charge is 2.35. The van der Waals surface area contributed by atoms with Crippen LogP contribution in [0.1, 0.15) is 49.8 Å². The van der Waals surface area contributed by atoms with Gasteiger partial charge in [0.2, 0.25) is 0 Å². The molecule has 1 fully saturated rings. The third-order valence-electron chi connectivity index (χ3n) is 7.66. The highest BCUT2D eigenvalue weighted by Crippen LogP contribution is 2.33. The number of hydrogen-bond donors (Lipinski definition) is 1. The molecule has 4 aromatic rings. The van der Waals surface area contributed by atoms with Gasteiger partial charge >= 0.3 is 6.09 Å². The van der Waals surface area contributed by atoms with Gasteiger partial charge in [-0.15, -0.1) is 0 Å². The molecule has 0 aromatic heterocycles. The molecule has 0 saturated carbocycles.